The molecule has 6 nitrogen and oxygen atoms in total. The van der Waals surface area contributed by atoms with Crippen molar-refractivity contribution in [3.8, 4) is 0 Å². The zero-order valence-corrected chi connectivity index (χ0v) is 14.2. The normalized spacial score (nSPS) is 34.9. The summed E-state index contributed by atoms with van der Waals surface area (Å²) in [6.07, 6.45) is 5.17. The summed E-state index contributed by atoms with van der Waals surface area (Å²) in [5, 5.41) is -4.35. The molecule has 0 saturated heterocycles. The van der Waals surface area contributed by atoms with Crippen molar-refractivity contribution in [1.82, 2.24) is 4.72 Å². The molecule has 4 aliphatic carbocycles. The van der Waals surface area contributed by atoms with E-state index in [2.05, 4.69) is 0 Å². The lowest BCUT2D eigenvalue weighted by Crippen LogP contribution is -2.52. The summed E-state index contributed by atoms with van der Waals surface area (Å²) in [5.41, 5.74) is -0.734. The molecule has 136 valence electrons. The molecule has 4 fully saturated rings. The summed E-state index contributed by atoms with van der Waals surface area (Å²) in [5.74, 6) is -0.534. The van der Waals surface area contributed by atoms with Crippen molar-refractivity contribution in [3.63, 3.8) is 0 Å². The highest BCUT2D eigenvalue weighted by Crippen LogP contribution is 2.60. The van der Waals surface area contributed by atoms with Gasteiger partial charge in [-0.3, -0.25) is 9.59 Å². The zero-order chi connectivity index (χ0) is 17.8. The number of carbonyl (C=O) groups is 2. The lowest BCUT2D eigenvalue weighted by atomic mass is 9.49. The average molecular weight is 365 g/mol. The second kappa shape index (κ2) is 5.64. The minimum absolute atomic E-state index is 0.437. The molecule has 0 heterocycles. The molecule has 4 rings (SSSR count). The number of hydrogen-bond acceptors (Lipinski definition) is 5. The lowest BCUT2D eigenvalue weighted by molar-refractivity contribution is -0.176. The molecule has 0 aliphatic heterocycles. The predicted molar refractivity (Wildman–Crippen MR) is 79.2 cm³/mol. The first-order chi connectivity index (χ1) is 11.0. The highest BCUT2D eigenvalue weighted by molar-refractivity contribution is 7.91. The van der Waals surface area contributed by atoms with Crippen LogP contribution >= 0.6 is 0 Å². The van der Waals surface area contributed by atoms with E-state index >= 15 is 0 Å². The topological polar surface area (TPSA) is 89.5 Å². The molecule has 0 spiro atoms. The number of amides is 1. The van der Waals surface area contributed by atoms with Crippen LogP contribution in [0.5, 0.6) is 0 Å². The van der Waals surface area contributed by atoms with Gasteiger partial charge in [-0.1, -0.05) is 0 Å². The van der Waals surface area contributed by atoms with Crippen LogP contribution in [0.1, 0.15) is 45.4 Å². The van der Waals surface area contributed by atoms with E-state index in [9.17, 15) is 26.8 Å². The highest BCUT2D eigenvalue weighted by atomic mass is 32.2. The zero-order valence-electron chi connectivity index (χ0n) is 13.4. The van der Waals surface area contributed by atoms with Crippen LogP contribution in [-0.4, -0.2) is 32.2 Å². The maximum absolute atomic E-state index is 13.8. The minimum atomic E-state index is -5.22. The molecule has 4 saturated carbocycles. The largest absolute Gasteiger partial charge is 0.458 e. The third kappa shape index (κ3) is 3.02. The van der Waals surface area contributed by atoms with Crippen LogP contribution in [0.3, 0.4) is 0 Å². The van der Waals surface area contributed by atoms with Crippen LogP contribution < -0.4 is 4.72 Å². The fourth-order valence-corrected chi connectivity index (χ4v) is 5.75. The van der Waals surface area contributed by atoms with Crippen LogP contribution in [0.4, 0.5) is 8.78 Å². The number of hydrogen-bond donors (Lipinski definition) is 1. The SMILES string of the molecule is CC(=O)NS(=O)(=O)C(F)(F)COC(=O)C12CC3CC(CC(C3)C1)C2. The van der Waals surface area contributed by atoms with Crippen molar-refractivity contribution in [2.75, 3.05) is 6.61 Å². The highest BCUT2D eigenvalue weighted by Gasteiger charge is 2.56. The van der Waals surface area contributed by atoms with Gasteiger partial charge < -0.3 is 4.74 Å². The van der Waals surface area contributed by atoms with Crippen LogP contribution in [0.2, 0.25) is 0 Å². The van der Waals surface area contributed by atoms with Gasteiger partial charge in [0.15, 0.2) is 6.61 Å². The Morgan fingerprint density at radius 1 is 1.12 bits per heavy atom. The number of alkyl halides is 2. The van der Waals surface area contributed by atoms with Gasteiger partial charge in [0.05, 0.1) is 5.41 Å². The van der Waals surface area contributed by atoms with Crippen molar-refractivity contribution < 1.29 is 31.5 Å². The van der Waals surface area contributed by atoms with E-state index < -0.39 is 39.2 Å². The molecule has 4 aliphatic rings. The molecule has 0 unspecified atom stereocenters. The van der Waals surface area contributed by atoms with E-state index in [0.717, 1.165) is 26.2 Å². The molecule has 4 bridgehead atoms. The molecule has 0 radical (unpaired) electrons. The number of rotatable bonds is 5. The number of ether oxygens (including phenoxy) is 1. The number of esters is 1. The Morgan fingerprint density at radius 2 is 1.58 bits per heavy atom. The molecule has 1 amide bonds. The molecule has 0 atom stereocenters. The molecule has 0 aromatic rings. The Bertz CT molecular complexity index is 625. The third-order valence-corrected chi connectivity index (χ3v) is 6.97. The standard InChI is InChI=1S/C15H21F2NO5S/c1-9(19)18-24(21,22)15(16,17)8-23-13(20)14-5-10-2-11(6-14)4-12(3-10)7-14/h10-12H,2-8H2,1H3,(H,18,19). The lowest BCUT2D eigenvalue weighted by Gasteiger charge is -2.55. The Kier molecular flexibility index (Phi) is 4.13. The molecular weight excluding hydrogens is 344 g/mol. The van der Waals surface area contributed by atoms with Crippen LogP contribution in [-0.2, 0) is 24.3 Å². The number of halogens is 2. The molecule has 9 heteroatoms. The molecule has 24 heavy (non-hydrogen) atoms. The van der Waals surface area contributed by atoms with Gasteiger partial charge in [-0.15, -0.1) is 0 Å². The summed E-state index contributed by atoms with van der Waals surface area (Å²) in [6.45, 7) is -0.759. The van der Waals surface area contributed by atoms with Crippen LogP contribution in [0.25, 0.3) is 0 Å². The summed E-state index contributed by atoms with van der Waals surface area (Å²) >= 11 is 0. The van der Waals surface area contributed by atoms with E-state index in [-0.39, 0.29) is 0 Å². The maximum atomic E-state index is 13.8. The van der Waals surface area contributed by atoms with Gasteiger partial charge in [0.1, 0.15) is 0 Å². The molecular formula is C15H21F2NO5S. The van der Waals surface area contributed by atoms with Gasteiger partial charge in [0.25, 0.3) is 0 Å². The second-order valence-electron chi connectivity index (χ2n) is 7.57. The fraction of sp³-hybridized carbons (Fsp3) is 0.867. The van der Waals surface area contributed by atoms with E-state index in [0.29, 0.717) is 37.0 Å². The summed E-state index contributed by atoms with van der Waals surface area (Å²) < 4.78 is 56.5. The van der Waals surface area contributed by atoms with Crippen molar-refractivity contribution in [1.29, 1.82) is 0 Å². The Labute approximate surface area is 139 Å². The Hall–Kier alpha value is -1.25. The maximum Gasteiger partial charge on any atom is 0.397 e. The fourth-order valence-electron chi connectivity index (χ4n) is 5.00. The number of carbonyl (C=O) groups excluding carboxylic acids is 2. The summed E-state index contributed by atoms with van der Waals surface area (Å²) in [4.78, 5) is 23.2. The van der Waals surface area contributed by atoms with Crippen molar-refractivity contribution in [2.45, 2.75) is 50.7 Å². The van der Waals surface area contributed by atoms with E-state index in [1.807, 2.05) is 0 Å². The van der Waals surface area contributed by atoms with Crippen LogP contribution in [0, 0.1) is 23.2 Å². The van der Waals surface area contributed by atoms with Gasteiger partial charge >= 0.3 is 21.2 Å². The Balaban J connectivity index is 1.66. The Morgan fingerprint density at radius 3 is 2.00 bits per heavy atom. The minimum Gasteiger partial charge on any atom is -0.458 e. The average Bonchev–Trinajstić information content (AvgIpc) is 2.41. The van der Waals surface area contributed by atoms with Crippen molar-refractivity contribution in [3.05, 3.63) is 0 Å². The summed E-state index contributed by atoms with van der Waals surface area (Å²) in [6, 6.07) is 0. The first kappa shape index (κ1) is 17.6. The number of nitrogens with one attached hydrogen (secondary N) is 1. The molecule has 0 aromatic heterocycles. The van der Waals surface area contributed by atoms with E-state index in [1.54, 1.807) is 0 Å². The van der Waals surface area contributed by atoms with Crippen LogP contribution in [0.15, 0.2) is 0 Å². The predicted octanol–water partition coefficient (Wildman–Crippen LogP) is 1.80. The van der Waals surface area contributed by atoms with Gasteiger partial charge in [0, 0.05) is 6.92 Å². The third-order valence-electron chi connectivity index (χ3n) is 5.51. The monoisotopic (exact) mass is 365 g/mol. The second-order valence-corrected chi connectivity index (χ2v) is 9.38. The quantitative estimate of drug-likeness (QED) is 0.751. The first-order valence-electron chi connectivity index (χ1n) is 8.11. The van der Waals surface area contributed by atoms with Gasteiger partial charge in [-0.2, -0.15) is 17.2 Å². The van der Waals surface area contributed by atoms with Gasteiger partial charge in [-0.25, -0.2) is 4.72 Å². The van der Waals surface area contributed by atoms with Crippen molar-refractivity contribution >= 4 is 21.9 Å². The van der Waals surface area contributed by atoms with Gasteiger partial charge in [-0.05, 0) is 56.3 Å². The van der Waals surface area contributed by atoms with E-state index in [4.69, 9.17) is 4.74 Å². The number of sulfonamides is 1. The molecule has 1 N–H and O–H groups in total. The van der Waals surface area contributed by atoms with E-state index in [1.165, 1.54) is 4.72 Å². The summed E-state index contributed by atoms with van der Waals surface area (Å²) in [7, 11) is -5.22. The smallest absolute Gasteiger partial charge is 0.397 e. The first-order valence-corrected chi connectivity index (χ1v) is 9.59. The molecule has 0 aromatic carbocycles. The van der Waals surface area contributed by atoms with Gasteiger partial charge in [0.2, 0.25) is 5.91 Å². The van der Waals surface area contributed by atoms with Crippen molar-refractivity contribution in [2.24, 2.45) is 23.2 Å².